The highest BCUT2D eigenvalue weighted by Gasteiger charge is 2.38. The van der Waals surface area contributed by atoms with Gasteiger partial charge in [0.2, 0.25) is 10.0 Å². The van der Waals surface area contributed by atoms with Crippen LogP contribution in [0.15, 0.2) is 23.7 Å². The molecule has 1 saturated heterocycles. The van der Waals surface area contributed by atoms with Crippen molar-refractivity contribution >= 4 is 10.0 Å². The minimum Gasteiger partial charge on any atom is -0.494 e. The van der Waals surface area contributed by atoms with Gasteiger partial charge < -0.3 is 4.74 Å². The Kier molecular flexibility index (Phi) is 4.30. The van der Waals surface area contributed by atoms with Crippen LogP contribution >= 0.6 is 0 Å². The van der Waals surface area contributed by atoms with Gasteiger partial charge in [-0.2, -0.15) is 0 Å². The molecule has 6 heteroatoms. The predicted molar refractivity (Wildman–Crippen MR) is 71.6 cm³/mol. The van der Waals surface area contributed by atoms with Crippen LogP contribution in [0.3, 0.4) is 0 Å². The van der Waals surface area contributed by atoms with Crippen LogP contribution < -0.4 is 0 Å². The van der Waals surface area contributed by atoms with Crippen LogP contribution in [-0.2, 0) is 14.8 Å². The van der Waals surface area contributed by atoms with Crippen molar-refractivity contribution in [2.75, 3.05) is 19.7 Å². The molecule has 0 radical (unpaired) electrons. The normalized spacial score (nSPS) is 29.0. The second kappa shape index (κ2) is 5.63. The smallest absolute Gasteiger partial charge is 0.223 e. The van der Waals surface area contributed by atoms with Gasteiger partial charge in [0.05, 0.1) is 6.61 Å². The molecule has 2 rings (SSSR count). The second-order valence-electron chi connectivity index (χ2n) is 5.09. The molecular formula is C13H20FNO3S. The Balaban J connectivity index is 2.13. The number of hydrogen-bond donors (Lipinski definition) is 0. The summed E-state index contributed by atoms with van der Waals surface area (Å²) in [7, 11) is -3.59. The predicted octanol–water partition coefficient (Wildman–Crippen LogP) is 2.20. The fraction of sp³-hybridized carbons (Fsp3) is 0.692. The van der Waals surface area contributed by atoms with E-state index >= 15 is 0 Å². The lowest BCUT2D eigenvalue weighted by Gasteiger charge is -2.24. The van der Waals surface area contributed by atoms with E-state index in [2.05, 4.69) is 0 Å². The largest absolute Gasteiger partial charge is 0.494 e. The molecule has 0 N–H and O–H groups in total. The van der Waals surface area contributed by atoms with E-state index in [0.29, 0.717) is 31.4 Å². The van der Waals surface area contributed by atoms with E-state index in [9.17, 15) is 12.8 Å². The maximum atomic E-state index is 14.0. The number of sulfonamides is 1. The van der Waals surface area contributed by atoms with Crippen molar-refractivity contribution in [1.29, 1.82) is 0 Å². The Hall–Kier alpha value is -0.880. The minimum absolute atomic E-state index is 0.144. The van der Waals surface area contributed by atoms with Gasteiger partial charge in [0.25, 0.3) is 0 Å². The van der Waals surface area contributed by atoms with Crippen molar-refractivity contribution < 1.29 is 17.5 Å². The first-order valence-electron chi connectivity index (χ1n) is 6.64. The zero-order valence-corrected chi connectivity index (χ0v) is 12.1. The van der Waals surface area contributed by atoms with E-state index < -0.39 is 21.1 Å². The van der Waals surface area contributed by atoms with Crippen LogP contribution in [0.25, 0.3) is 0 Å². The lowest BCUT2D eigenvalue weighted by atomic mass is 10.1. The molecule has 0 aromatic heterocycles. The van der Waals surface area contributed by atoms with Gasteiger partial charge in [-0.25, -0.2) is 17.1 Å². The van der Waals surface area contributed by atoms with Crippen molar-refractivity contribution in [3.63, 3.8) is 0 Å². The van der Waals surface area contributed by atoms with E-state index in [1.807, 2.05) is 6.92 Å². The minimum atomic E-state index is -3.59. The van der Waals surface area contributed by atoms with E-state index in [1.165, 1.54) is 10.4 Å². The molecule has 1 aliphatic heterocycles. The van der Waals surface area contributed by atoms with Crippen molar-refractivity contribution in [2.24, 2.45) is 5.92 Å². The van der Waals surface area contributed by atoms with Gasteiger partial charge in [-0.05, 0) is 31.8 Å². The van der Waals surface area contributed by atoms with Crippen LogP contribution in [-0.4, -0.2) is 37.7 Å². The molecule has 19 heavy (non-hydrogen) atoms. The Labute approximate surface area is 114 Å². The lowest BCUT2D eigenvalue weighted by molar-refractivity contribution is 0.238. The van der Waals surface area contributed by atoms with Gasteiger partial charge in [0.15, 0.2) is 0 Å². The maximum Gasteiger partial charge on any atom is 0.223 e. The maximum absolute atomic E-state index is 14.0. The van der Waals surface area contributed by atoms with Crippen LogP contribution in [0, 0.1) is 5.92 Å². The summed E-state index contributed by atoms with van der Waals surface area (Å²) in [6.45, 7) is 5.25. The Morgan fingerprint density at radius 2 is 2.26 bits per heavy atom. The van der Waals surface area contributed by atoms with Crippen molar-refractivity contribution in [2.45, 2.75) is 31.9 Å². The van der Waals surface area contributed by atoms with E-state index in [4.69, 9.17) is 4.74 Å². The molecule has 0 bridgehead atoms. The van der Waals surface area contributed by atoms with Gasteiger partial charge in [-0.3, -0.25) is 0 Å². The zero-order valence-electron chi connectivity index (χ0n) is 11.3. The fourth-order valence-electron chi connectivity index (χ4n) is 2.46. The first kappa shape index (κ1) is 14.5. The van der Waals surface area contributed by atoms with Crippen LogP contribution in [0.4, 0.5) is 4.39 Å². The number of halogens is 1. The summed E-state index contributed by atoms with van der Waals surface area (Å²) < 4.78 is 45.4. The summed E-state index contributed by atoms with van der Waals surface area (Å²) in [5.41, 5.74) is 0. The van der Waals surface area contributed by atoms with Gasteiger partial charge in [-0.15, -0.1) is 0 Å². The quantitative estimate of drug-likeness (QED) is 0.797. The zero-order chi connectivity index (χ0) is 14.0. The first-order valence-corrected chi connectivity index (χ1v) is 8.14. The van der Waals surface area contributed by atoms with Gasteiger partial charge in [0.1, 0.15) is 16.8 Å². The summed E-state index contributed by atoms with van der Waals surface area (Å²) >= 11 is 0. The number of nitrogens with zero attached hydrogens (tertiary/aromatic N) is 1. The molecule has 1 unspecified atom stereocenters. The molecule has 0 aromatic carbocycles. The Morgan fingerprint density at radius 3 is 2.79 bits per heavy atom. The standard InChI is InChI=1S/C13H20FNO3S/c1-3-18-11-4-5-13(12(14)8-11)19(16,17)15-7-6-10(2)9-15/h4,8,10,13H,3,5-7,9H2,1-2H3/t10-,13?/m0/s1. The molecule has 1 aliphatic carbocycles. The monoisotopic (exact) mass is 289 g/mol. The summed E-state index contributed by atoms with van der Waals surface area (Å²) in [5, 5.41) is -1.08. The molecule has 1 fully saturated rings. The highest BCUT2D eigenvalue weighted by atomic mass is 32.2. The van der Waals surface area contributed by atoms with Crippen LogP contribution in [0.2, 0.25) is 0 Å². The third-order valence-electron chi connectivity index (χ3n) is 3.54. The topological polar surface area (TPSA) is 46.6 Å². The molecule has 2 atom stereocenters. The molecule has 0 saturated carbocycles. The van der Waals surface area contributed by atoms with E-state index in [-0.39, 0.29) is 6.42 Å². The van der Waals surface area contributed by atoms with Crippen LogP contribution in [0.5, 0.6) is 0 Å². The van der Waals surface area contributed by atoms with Crippen LogP contribution in [0.1, 0.15) is 26.7 Å². The molecule has 108 valence electrons. The second-order valence-corrected chi connectivity index (χ2v) is 7.21. The van der Waals surface area contributed by atoms with Gasteiger partial charge >= 0.3 is 0 Å². The number of allylic oxidation sites excluding steroid dienone is 2. The Morgan fingerprint density at radius 1 is 1.53 bits per heavy atom. The number of rotatable bonds is 4. The highest BCUT2D eigenvalue weighted by Crippen LogP contribution is 2.30. The summed E-state index contributed by atoms with van der Waals surface area (Å²) in [6, 6.07) is 0. The van der Waals surface area contributed by atoms with E-state index in [1.54, 1.807) is 13.0 Å². The molecule has 2 aliphatic rings. The first-order chi connectivity index (χ1) is 8.95. The lowest BCUT2D eigenvalue weighted by Crippen LogP contribution is -2.38. The van der Waals surface area contributed by atoms with Gasteiger partial charge in [-0.1, -0.05) is 6.92 Å². The number of hydrogen-bond acceptors (Lipinski definition) is 3. The highest BCUT2D eigenvalue weighted by molar-refractivity contribution is 7.90. The molecule has 4 nitrogen and oxygen atoms in total. The molecule has 0 amide bonds. The average molecular weight is 289 g/mol. The fourth-order valence-corrected chi connectivity index (χ4v) is 4.33. The van der Waals surface area contributed by atoms with Crippen molar-refractivity contribution in [3.8, 4) is 0 Å². The number of ether oxygens (including phenoxy) is 1. The Bertz CT molecular complexity index is 498. The van der Waals surface area contributed by atoms with Gasteiger partial charge in [0, 0.05) is 19.2 Å². The summed E-state index contributed by atoms with van der Waals surface area (Å²) in [4.78, 5) is 0. The van der Waals surface area contributed by atoms with Crippen molar-refractivity contribution in [3.05, 3.63) is 23.7 Å². The summed E-state index contributed by atoms with van der Waals surface area (Å²) in [6.07, 6.45) is 3.82. The average Bonchev–Trinajstić information content (AvgIpc) is 2.77. The van der Waals surface area contributed by atoms with E-state index in [0.717, 1.165) is 6.42 Å². The molecule has 1 heterocycles. The molecular weight excluding hydrogens is 269 g/mol. The van der Waals surface area contributed by atoms with Crippen molar-refractivity contribution in [1.82, 2.24) is 4.31 Å². The SMILES string of the molecule is CCOC1=CCC(S(=O)(=O)N2CC[C@H](C)C2)C(F)=C1. The molecule has 0 spiro atoms. The third-order valence-corrected chi connectivity index (χ3v) is 5.73. The summed E-state index contributed by atoms with van der Waals surface area (Å²) in [5.74, 6) is 0.145. The third kappa shape index (κ3) is 3.00. The molecule has 0 aromatic rings.